The van der Waals surface area contributed by atoms with Crippen molar-refractivity contribution in [2.75, 3.05) is 50.8 Å². The third-order valence-electron chi connectivity index (χ3n) is 7.04. The topological polar surface area (TPSA) is 70.8 Å². The number of aromatic nitrogens is 2. The van der Waals surface area contributed by atoms with E-state index in [0.29, 0.717) is 24.6 Å². The highest BCUT2D eigenvalue weighted by Gasteiger charge is 2.33. The molecule has 1 unspecified atom stereocenters. The van der Waals surface area contributed by atoms with Crippen LogP contribution in [0.5, 0.6) is 0 Å². The molecule has 1 N–H and O–H groups in total. The van der Waals surface area contributed by atoms with Gasteiger partial charge in [0, 0.05) is 51.1 Å². The minimum Gasteiger partial charge on any atom is -0.386 e. The number of ether oxygens (including phenoxy) is 1. The van der Waals surface area contributed by atoms with Crippen molar-refractivity contribution in [2.24, 2.45) is 0 Å². The monoisotopic (exact) mass is 412 g/mol. The molecule has 7 heteroatoms. The van der Waals surface area contributed by atoms with E-state index in [4.69, 9.17) is 4.74 Å². The predicted octanol–water partition coefficient (Wildman–Crippen LogP) is 2.18. The second-order valence-electron chi connectivity index (χ2n) is 9.24. The molecule has 1 aromatic heterocycles. The van der Waals surface area contributed by atoms with Gasteiger partial charge in [0.2, 0.25) is 0 Å². The lowest BCUT2D eigenvalue weighted by molar-refractivity contribution is -0.100. The average Bonchev–Trinajstić information content (AvgIpc) is 3.29. The molecular formula is C23H32N4O3. The summed E-state index contributed by atoms with van der Waals surface area (Å²) in [6.45, 7) is 5.53. The van der Waals surface area contributed by atoms with E-state index >= 15 is 0 Å². The van der Waals surface area contributed by atoms with Crippen LogP contribution in [0, 0.1) is 0 Å². The van der Waals surface area contributed by atoms with Gasteiger partial charge in [0.1, 0.15) is 5.60 Å². The van der Waals surface area contributed by atoms with Gasteiger partial charge in [0.05, 0.1) is 23.8 Å². The molecule has 3 aliphatic rings. The van der Waals surface area contributed by atoms with Gasteiger partial charge >= 0.3 is 0 Å². The minimum atomic E-state index is -0.702. The van der Waals surface area contributed by atoms with E-state index in [1.807, 2.05) is 16.7 Å². The van der Waals surface area contributed by atoms with Crippen LogP contribution in [0.4, 0.5) is 5.69 Å². The third kappa shape index (κ3) is 3.98. The molecule has 3 fully saturated rings. The Morgan fingerprint density at radius 2 is 1.93 bits per heavy atom. The van der Waals surface area contributed by atoms with Gasteiger partial charge in [-0.25, -0.2) is 4.98 Å². The quantitative estimate of drug-likeness (QED) is 0.830. The Balaban J connectivity index is 1.26. The molecule has 5 rings (SSSR count). The Bertz CT molecular complexity index is 939. The van der Waals surface area contributed by atoms with E-state index in [2.05, 4.69) is 20.9 Å². The van der Waals surface area contributed by atoms with Crippen molar-refractivity contribution in [1.82, 2.24) is 14.5 Å². The lowest BCUT2D eigenvalue weighted by Gasteiger charge is -2.41. The molecule has 1 aliphatic carbocycles. The lowest BCUT2D eigenvalue weighted by Crippen LogP contribution is -2.54. The SMILES string of the molecule is O=c1c2ccc(N3CCN(CC4(O)CCCOC4)CC3)cc2ncn1C1CCCC1. The maximum Gasteiger partial charge on any atom is 0.261 e. The predicted molar refractivity (Wildman–Crippen MR) is 117 cm³/mol. The summed E-state index contributed by atoms with van der Waals surface area (Å²) in [5.74, 6) is 0. The zero-order valence-corrected chi connectivity index (χ0v) is 17.6. The summed E-state index contributed by atoms with van der Waals surface area (Å²) in [7, 11) is 0. The zero-order chi connectivity index (χ0) is 20.6. The fourth-order valence-corrected chi connectivity index (χ4v) is 5.31. The minimum absolute atomic E-state index is 0.0891. The first-order chi connectivity index (χ1) is 14.6. The molecular weight excluding hydrogens is 380 g/mol. The first-order valence-electron chi connectivity index (χ1n) is 11.4. The van der Waals surface area contributed by atoms with Crippen LogP contribution in [0.15, 0.2) is 29.3 Å². The number of anilines is 1. The maximum absolute atomic E-state index is 12.9. The van der Waals surface area contributed by atoms with Crippen LogP contribution in [0.3, 0.4) is 0 Å². The number of rotatable bonds is 4. The third-order valence-corrected chi connectivity index (χ3v) is 7.04. The average molecular weight is 413 g/mol. The Kier molecular flexibility index (Phi) is 5.52. The number of nitrogens with zero attached hydrogens (tertiary/aromatic N) is 4. The highest BCUT2D eigenvalue weighted by Crippen LogP contribution is 2.29. The van der Waals surface area contributed by atoms with Gasteiger partial charge in [0.25, 0.3) is 5.56 Å². The Morgan fingerprint density at radius 1 is 1.13 bits per heavy atom. The molecule has 162 valence electrons. The summed E-state index contributed by atoms with van der Waals surface area (Å²) in [5, 5.41) is 11.4. The van der Waals surface area contributed by atoms with Gasteiger partial charge in [-0.3, -0.25) is 14.3 Å². The van der Waals surface area contributed by atoms with Crippen molar-refractivity contribution in [1.29, 1.82) is 0 Å². The van der Waals surface area contributed by atoms with Crippen LogP contribution in [0.2, 0.25) is 0 Å². The molecule has 1 atom stereocenters. The van der Waals surface area contributed by atoms with Crippen molar-refractivity contribution in [3.05, 3.63) is 34.9 Å². The van der Waals surface area contributed by atoms with Gasteiger partial charge in [-0.15, -0.1) is 0 Å². The summed E-state index contributed by atoms with van der Waals surface area (Å²) in [6.07, 6.45) is 8.06. The zero-order valence-electron chi connectivity index (χ0n) is 17.6. The lowest BCUT2D eigenvalue weighted by atomic mass is 9.96. The smallest absolute Gasteiger partial charge is 0.261 e. The summed E-state index contributed by atoms with van der Waals surface area (Å²) in [5.41, 5.74) is 1.29. The summed E-state index contributed by atoms with van der Waals surface area (Å²) >= 11 is 0. The Labute approximate surface area is 177 Å². The number of fused-ring (bicyclic) bond motifs is 1. The van der Waals surface area contributed by atoms with Crippen molar-refractivity contribution >= 4 is 16.6 Å². The molecule has 2 saturated heterocycles. The van der Waals surface area contributed by atoms with Crippen LogP contribution >= 0.6 is 0 Å². The second kappa shape index (κ2) is 8.29. The van der Waals surface area contributed by atoms with E-state index in [0.717, 1.165) is 69.7 Å². The fourth-order valence-electron chi connectivity index (χ4n) is 5.31. The number of hydrogen-bond donors (Lipinski definition) is 1. The van der Waals surface area contributed by atoms with Crippen LogP contribution < -0.4 is 10.5 Å². The van der Waals surface area contributed by atoms with Crippen molar-refractivity contribution in [2.45, 2.75) is 50.2 Å². The van der Waals surface area contributed by atoms with Crippen LogP contribution in [-0.4, -0.2) is 71.1 Å². The van der Waals surface area contributed by atoms with Crippen molar-refractivity contribution < 1.29 is 9.84 Å². The number of benzene rings is 1. The molecule has 0 radical (unpaired) electrons. The van der Waals surface area contributed by atoms with Crippen LogP contribution in [0.25, 0.3) is 10.9 Å². The first-order valence-corrected chi connectivity index (χ1v) is 11.4. The van der Waals surface area contributed by atoms with E-state index < -0.39 is 5.60 Å². The highest BCUT2D eigenvalue weighted by molar-refractivity contribution is 5.81. The molecule has 3 heterocycles. The Hall–Kier alpha value is -1.96. The van der Waals surface area contributed by atoms with Gasteiger partial charge < -0.3 is 14.7 Å². The van der Waals surface area contributed by atoms with Gasteiger partial charge in [0.15, 0.2) is 0 Å². The van der Waals surface area contributed by atoms with E-state index in [1.165, 1.54) is 12.8 Å². The number of hydrogen-bond acceptors (Lipinski definition) is 6. The number of piperazine rings is 1. The standard InChI is InChI=1S/C23H32N4O3/c28-22-20-7-6-19(14-21(20)24-17-27(22)18-4-1-2-5-18)26-11-9-25(10-12-26)15-23(29)8-3-13-30-16-23/h6-7,14,17-18,29H,1-5,8-13,15-16H2. The summed E-state index contributed by atoms with van der Waals surface area (Å²) < 4.78 is 7.33. The fraction of sp³-hybridized carbons (Fsp3) is 0.652. The summed E-state index contributed by atoms with van der Waals surface area (Å²) in [4.78, 5) is 22.2. The molecule has 7 nitrogen and oxygen atoms in total. The molecule has 0 bridgehead atoms. The molecule has 2 aliphatic heterocycles. The van der Waals surface area contributed by atoms with Crippen molar-refractivity contribution in [3.8, 4) is 0 Å². The first kappa shape index (κ1) is 20.0. The molecule has 0 spiro atoms. The van der Waals surface area contributed by atoms with Gasteiger partial charge in [-0.2, -0.15) is 0 Å². The highest BCUT2D eigenvalue weighted by atomic mass is 16.5. The maximum atomic E-state index is 12.9. The van der Waals surface area contributed by atoms with Crippen LogP contribution in [-0.2, 0) is 4.74 Å². The molecule has 1 aromatic carbocycles. The molecule has 0 amide bonds. The Morgan fingerprint density at radius 3 is 2.67 bits per heavy atom. The largest absolute Gasteiger partial charge is 0.386 e. The normalized spacial score (nSPS) is 26.5. The number of aliphatic hydroxyl groups is 1. The van der Waals surface area contributed by atoms with E-state index in [9.17, 15) is 9.90 Å². The van der Waals surface area contributed by atoms with Gasteiger partial charge in [-0.1, -0.05) is 12.8 Å². The van der Waals surface area contributed by atoms with E-state index in [1.54, 1.807) is 6.33 Å². The van der Waals surface area contributed by atoms with Crippen LogP contribution in [0.1, 0.15) is 44.6 Å². The molecule has 2 aromatic rings. The molecule has 1 saturated carbocycles. The number of β-amino-alcohol motifs (C(OH)–C–C–N with tert-alkyl or cyclic N) is 1. The second-order valence-corrected chi connectivity index (χ2v) is 9.24. The van der Waals surface area contributed by atoms with Gasteiger partial charge in [-0.05, 0) is 43.9 Å². The summed E-state index contributed by atoms with van der Waals surface area (Å²) in [6, 6.07) is 6.36. The molecule has 30 heavy (non-hydrogen) atoms. The van der Waals surface area contributed by atoms with Crippen molar-refractivity contribution in [3.63, 3.8) is 0 Å². The van der Waals surface area contributed by atoms with E-state index in [-0.39, 0.29) is 5.56 Å².